The van der Waals surface area contributed by atoms with Crippen LogP contribution in [0.4, 0.5) is 0 Å². The predicted molar refractivity (Wildman–Crippen MR) is 43.8 cm³/mol. The van der Waals surface area contributed by atoms with Gasteiger partial charge in [0.2, 0.25) is 0 Å². The summed E-state index contributed by atoms with van der Waals surface area (Å²) in [4.78, 5) is 27.0. The molecule has 78 valence electrons. The van der Waals surface area contributed by atoms with Crippen molar-refractivity contribution in [2.75, 3.05) is 6.29 Å². The number of nitrogens with two attached hydrogens (primary N) is 1. The molecule has 13 heavy (non-hydrogen) atoms. The second-order valence-electron chi connectivity index (χ2n) is 2.07. The first-order chi connectivity index (χ1) is 5.74. The number of aliphatic carboxylic acids is 1. The minimum Gasteiger partial charge on any atom is -0.479 e. The molecule has 0 aromatic rings. The molecule has 10 heteroatoms. The number of nitrogens with one attached hydrogen (secondary N) is 1. The van der Waals surface area contributed by atoms with Crippen LogP contribution in [-0.2, 0) is 20.3 Å². The molecule has 6 N–H and O–H groups in total. The molecular weight excluding hydrogens is 223 g/mol. The van der Waals surface area contributed by atoms with E-state index in [4.69, 9.17) is 20.0 Å². The van der Waals surface area contributed by atoms with Crippen LogP contribution >= 0.6 is 7.60 Å². The number of hydrogen-bond donors (Lipinski definition) is 5. The topological polar surface area (TPSA) is 150 Å². The summed E-state index contributed by atoms with van der Waals surface area (Å²) in [6.07, 6.45) is -0.882. The number of carboxylic acids is 1. The zero-order chi connectivity index (χ0) is 10.6. The number of hydrogen-bond acceptors (Lipinski definition) is 4. The van der Waals surface area contributed by atoms with Crippen LogP contribution in [0.15, 0.2) is 0 Å². The Hall–Kier alpha value is -0.310. The van der Waals surface area contributed by atoms with Gasteiger partial charge in [-0.05, 0) is 0 Å². The third-order valence-electron chi connectivity index (χ3n) is 0.939. The Labute approximate surface area is 75.9 Å². The van der Waals surface area contributed by atoms with Gasteiger partial charge in [0.25, 0.3) is 0 Å². The van der Waals surface area contributed by atoms with E-state index in [-0.39, 0.29) is 0 Å². The highest BCUT2D eigenvalue weighted by Crippen LogP contribution is 2.32. The Morgan fingerprint density at radius 3 is 2.31 bits per heavy atom. The Bertz CT molecular complexity index is 249. The van der Waals surface area contributed by atoms with Crippen molar-refractivity contribution in [3.63, 3.8) is 0 Å². The van der Waals surface area contributed by atoms with E-state index in [0.29, 0.717) is 0 Å². The lowest BCUT2D eigenvalue weighted by Crippen LogP contribution is -2.43. The summed E-state index contributed by atoms with van der Waals surface area (Å²) in [6.45, 7) is 0. The van der Waals surface area contributed by atoms with E-state index >= 15 is 0 Å². The van der Waals surface area contributed by atoms with Crippen LogP contribution in [0.2, 0.25) is 0 Å². The molecule has 8 nitrogen and oxygen atoms in total. The summed E-state index contributed by atoms with van der Waals surface area (Å²) in [7, 11) is -6.59. The maximum absolute atomic E-state index is 10.5. The molecule has 0 rings (SSSR count). The van der Waals surface area contributed by atoms with Crippen molar-refractivity contribution in [2.24, 2.45) is 5.14 Å². The minimum atomic E-state index is -4.36. The largest absolute Gasteiger partial charge is 0.479 e. The van der Waals surface area contributed by atoms with Crippen LogP contribution < -0.4 is 10.5 Å². The molecule has 0 spiro atoms. The molecule has 0 radical (unpaired) electrons. The van der Waals surface area contributed by atoms with Gasteiger partial charge in [-0.25, -0.2) is 14.1 Å². The molecule has 0 aliphatic heterocycles. The highest BCUT2D eigenvalue weighted by Gasteiger charge is 2.25. The molecule has 0 fully saturated rings. The zero-order valence-electron chi connectivity index (χ0n) is 6.28. The average molecular weight is 232 g/mol. The third-order valence-corrected chi connectivity index (χ3v) is 2.37. The lowest BCUT2D eigenvalue weighted by Gasteiger charge is -2.11. The highest BCUT2D eigenvalue weighted by molar-refractivity contribution is 7.84. The van der Waals surface area contributed by atoms with Gasteiger partial charge < -0.3 is 14.9 Å². The second-order valence-corrected chi connectivity index (χ2v) is 4.85. The Kier molecular flexibility index (Phi) is 4.68. The van der Waals surface area contributed by atoms with Crippen LogP contribution in [0.1, 0.15) is 0 Å². The van der Waals surface area contributed by atoms with E-state index in [2.05, 4.69) is 0 Å². The van der Waals surface area contributed by atoms with Crippen molar-refractivity contribution >= 4 is 24.6 Å². The summed E-state index contributed by atoms with van der Waals surface area (Å²) in [5, 5.41) is 13.3. The van der Waals surface area contributed by atoms with Crippen LogP contribution in [0.25, 0.3) is 0 Å². The van der Waals surface area contributed by atoms with Crippen molar-refractivity contribution in [2.45, 2.75) is 5.37 Å². The lowest BCUT2D eigenvalue weighted by atomic mass is 10.7. The van der Waals surface area contributed by atoms with Gasteiger partial charge in [0, 0.05) is 0 Å². The fourth-order valence-corrected chi connectivity index (χ4v) is 1.46. The van der Waals surface area contributed by atoms with E-state index in [1.54, 1.807) is 0 Å². The van der Waals surface area contributed by atoms with Gasteiger partial charge in [-0.1, -0.05) is 0 Å². The fourth-order valence-electron chi connectivity index (χ4n) is 0.471. The molecule has 0 aliphatic carbocycles. The lowest BCUT2D eigenvalue weighted by molar-refractivity contribution is -0.137. The Morgan fingerprint density at radius 1 is 1.62 bits per heavy atom. The summed E-state index contributed by atoms with van der Waals surface area (Å²) in [5.74, 6) is -1.53. The number of carboxylic acid groups (broad SMARTS) is 1. The number of rotatable bonds is 5. The Balaban J connectivity index is 4.22. The second kappa shape index (κ2) is 4.80. The summed E-state index contributed by atoms with van der Waals surface area (Å²) in [6, 6.07) is 0. The molecule has 0 amide bonds. The van der Waals surface area contributed by atoms with Gasteiger partial charge in [0.1, 0.15) is 17.3 Å². The highest BCUT2D eigenvalue weighted by atomic mass is 32.2. The molecule has 0 saturated carbocycles. The molecule has 0 aliphatic rings. The van der Waals surface area contributed by atoms with Gasteiger partial charge >= 0.3 is 13.6 Å². The minimum absolute atomic E-state index is 0.882. The van der Waals surface area contributed by atoms with Crippen LogP contribution in [0.3, 0.4) is 0 Å². The first-order valence-electron chi connectivity index (χ1n) is 2.90. The zero-order valence-corrected chi connectivity index (χ0v) is 7.99. The van der Waals surface area contributed by atoms with E-state index in [1.807, 2.05) is 5.32 Å². The molecule has 0 heterocycles. The molecule has 0 bridgehead atoms. The molecule has 0 aromatic carbocycles. The first kappa shape index (κ1) is 12.7. The van der Waals surface area contributed by atoms with Crippen molar-refractivity contribution < 1.29 is 28.5 Å². The van der Waals surface area contributed by atoms with Crippen LogP contribution in [0.5, 0.6) is 0 Å². The van der Waals surface area contributed by atoms with Crippen LogP contribution in [0, 0.1) is 0 Å². The molecule has 0 aromatic heterocycles. The van der Waals surface area contributed by atoms with Crippen molar-refractivity contribution in [3.8, 4) is 0 Å². The maximum Gasteiger partial charge on any atom is 0.339 e. The van der Waals surface area contributed by atoms with E-state index < -0.39 is 36.2 Å². The van der Waals surface area contributed by atoms with Gasteiger partial charge in [0.15, 0.2) is 5.37 Å². The van der Waals surface area contributed by atoms with Crippen molar-refractivity contribution in [1.82, 2.24) is 5.32 Å². The maximum atomic E-state index is 10.5. The monoisotopic (exact) mass is 232 g/mol. The predicted octanol–water partition coefficient (Wildman–Crippen LogP) is -2.26. The van der Waals surface area contributed by atoms with E-state index in [0.717, 1.165) is 0 Å². The average Bonchev–Trinajstić information content (AvgIpc) is 1.82. The van der Waals surface area contributed by atoms with E-state index in [1.165, 1.54) is 0 Å². The van der Waals surface area contributed by atoms with Gasteiger partial charge in [-0.15, -0.1) is 0 Å². The summed E-state index contributed by atoms with van der Waals surface area (Å²) < 4.78 is 20.8. The third kappa shape index (κ3) is 5.86. The number of carbonyl (C=O) groups is 1. The van der Waals surface area contributed by atoms with Gasteiger partial charge in [0.05, 0.1) is 0 Å². The van der Waals surface area contributed by atoms with Gasteiger partial charge in [-0.3, -0.25) is 9.88 Å². The smallest absolute Gasteiger partial charge is 0.339 e. The van der Waals surface area contributed by atoms with E-state index in [9.17, 15) is 13.6 Å². The van der Waals surface area contributed by atoms with Crippen molar-refractivity contribution in [1.29, 1.82) is 0 Å². The molecule has 2 unspecified atom stereocenters. The van der Waals surface area contributed by atoms with Crippen molar-refractivity contribution in [3.05, 3.63) is 0 Å². The fraction of sp³-hybridized carbons (Fsp3) is 0.667. The molecule has 0 saturated heterocycles. The Morgan fingerprint density at radius 2 is 2.08 bits per heavy atom. The summed E-state index contributed by atoms with van der Waals surface area (Å²) >= 11 is 0. The summed E-state index contributed by atoms with van der Waals surface area (Å²) in [5.41, 5.74) is 0. The van der Waals surface area contributed by atoms with Crippen LogP contribution in [-0.4, -0.2) is 36.7 Å². The first-order valence-corrected chi connectivity index (χ1v) is 5.97. The molecular formula is C3H9N2O6PS. The standard InChI is InChI=1S/C3H9N2O6PS/c4-13(11)2(3(6)7)5-1-12(8,9)10/h2,5H,1,4H2,(H,6,7)(H2,8,9,10). The SMILES string of the molecule is NS(=O)C(NCP(=O)(O)O)C(=O)O. The normalized spacial score (nSPS) is 16.5. The molecule has 2 atom stereocenters. The van der Waals surface area contributed by atoms with Gasteiger partial charge in [-0.2, -0.15) is 0 Å². The quantitative estimate of drug-likeness (QED) is 0.336.